The smallest absolute Gasteiger partial charge is 0.267 e. The molecule has 3 aromatic carbocycles. The number of carbonyl (C=O) groups is 1. The molecule has 0 radical (unpaired) electrons. The van der Waals surface area contributed by atoms with Crippen molar-refractivity contribution in [3.05, 3.63) is 101 Å². The second kappa shape index (κ2) is 14.1. The van der Waals surface area contributed by atoms with Gasteiger partial charge in [0.1, 0.15) is 29.3 Å². The van der Waals surface area contributed by atoms with Crippen molar-refractivity contribution >= 4 is 17.8 Å². The Morgan fingerprint density at radius 3 is 2.43 bits per heavy atom. The molecule has 4 aromatic rings. The average Bonchev–Trinajstić information content (AvgIpc) is 3.09. The summed E-state index contributed by atoms with van der Waals surface area (Å²) in [6.45, 7) is 4.03. The Bertz CT molecular complexity index is 1900. The molecule has 2 heterocycles. The number of methoxy groups -OCH3 is 1. The van der Waals surface area contributed by atoms with Gasteiger partial charge >= 0.3 is 0 Å². The molecule has 1 fully saturated rings. The molecular weight excluding hydrogens is 599 g/mol. The molecule has 10 nitrogen and oxygen atoms in total. The zero-order valence-corrected chi connectivity index (χ0v) is 25.9. The minimum atomic E-state index is -0.698. The molecule has 0 aliphatic carbocycles. The molecule has 1 aromatic heterocycles. The van der Waals surface area contributed by atoms with Crippen LogP contribution in [-0.4, -0.2) is 46.9 Å². The van der Waals surface area contributed by atoms with E-state index < -0.39 is 11.7 Å². The second-order valence-corrected chi connectivity index (χ2v) is 11.5. The van der Waals surface area contributed by atoms with Crippen molar-refractivity contribution in [2.45, 2.75) is 31.8 Å². The number of nitrogens with zero attached hydrogens (tertiary/aromatic N) is 4. The number of hydroxylamine groups is 1. The van der Waals surface area contributed by atoms with Crippen molar-refractivity contribution in [2.24, 2.45) is 0 Å². The Morgan fingerprint density at radius 2 is 1.81 bits per heavy atom. The van der Waals surface area contributed by atoms with Crippen LogP contribution in [0.3, 0.4) is 0 Å². The highest BCUT2D eigenvalue weighted by Gasteiger charge is 2.32. The number of piperidine rings is 1. The van der Waals surface area contributed by atoms with Crippen LogP contribution in [0.4, 0.5) is 10.2 Å². The lowest BCUT2D eigenvalue weighted by molar-refractivity contribution is -0.124. The number of ether oxygens (including phenoxy) is 1. The van der Waals surface area contributed by atoms with Crippen LogP contribution < -0.4 is 20.4 Å². The Balaban J connectivity index is 1.39. The first kappa shape index (κ1) is 32.6. The Kier molecular flexibility index (Phi) is 9.81. The third-order valence-electron chi connectivity index (χ3n) is 8.44. The third-order valence-corrected chi connectivity index (χ3v) is 8.44. The van der Waals surface area contributed by atoms with E-state index >= 15 is 0 Å². The van der Waals surface area contributed by atoms with Gasteiger partial charge in [0.25, 0.3) is 5.91 Å². The zero-order valence-electron chi connectivity index (χ0n) is 25.9. The first-order valence-corrected chi connectivity index (χ1v) is 14.9. The number of aromatic hydroxyl groups is 1. The number of aromatic nitrogens is 1. The molecule has 0 unspecified atom stereocenters. The molecule has 1 saturated heterocycles. The molecule has 1 amide bonds. The standard InChI is InChI=1S/C36H33FN6O4/c1-36(41-21-24-5-3-23(4-6-24)7-12-33(45)42-46)13-15-43(16-14-36)35-28(20-39)34(26-8-9-27(19-38)30(37)17-26)29(22-40-35)25-10-11-32(47-2)31(44)18-25/h3-12,17-18,22,41,44,46H,13-16,21H2,1-2H3,(H,42,45)/b12-7+. The van der Waals surface area contributed by atoms with Gasteiger partial charge < -0.3 is 20.1 Å². The van der Waals surface area contributed by atoms with Gasteiger partial charge in [0, 0.05) is 48.6 Å². The minimum Gasteiger partial charge on any atom is -0.504 e. The van der Waals surface area contributed by atoms with E-state index in [4.69, 9.17) is 14.9 Å². The molecule has 4 N–H and O–H groups in total. The van der Waals surface area contributed by atoms with Gasteiger partial charge in [-0.1, -0.05) is 36.4 Å². The molecule has 238 valence electrons. The number of pyridine rings is 1. The van der Waals surface area contributed by atoms with E-state index in [2.05, 4.69) is 23.2 Å². The molecule has 1 aliphatic heterocycles. The van der Waals surface area contributed by atoms with Crippen LogP contribution in [0.1, 0.15) is 42.0 Å². The quantitative estimate of drug-likeness (QED) is 0.104. The topological polar surface area (TPSA) is 155 Å². The monoisotopic (exact) mass is 632 g/mol. The van der Waals surface area contributed by atoms with Crippen molar-refractivity contribution in [1.29, 1.82) is 10.5 Å². The summed E-state index contributed by atoms with van der Waals surface area (Å²) in [7, 11) is 1.45. The number of carbonyl (C=O) groups excluding carboxylic acids is 1. The summed E-state index contributed by atoms with van der Waals surface area (Å²) in [4.78, 5) is 18.0. The van der Waals surface area contributed by atoms with Gasteiger partial charge in [0.2, 0.25) is 0 Å². The lowest BCUT2D eigenvalue weighted by atomic mass is 9.88. The summed E-state index contributed by atoms with van der Waals surface area (Å²) in [6.07, 6.45) is 6.03. The highest BCUT2D eigenvalue weighted by Crippen LogP contribution is 2.41. The van der Waals surface area contributed by atoms with Crippen molar-refractivity contribution < 1.29 is 24.2 Å². The number of benzene rings is 3. The van der Waals surface area contributed by atoms with Crippen molar-refractivity contribution in [1.82, 2.24) is 15.8 Å². The SMILES string of the molecule is COc1ccc(-c2cnc(N3CCC(C)(NCc4ccc(/C=C/C(=O)NO)cc4)CC3)c(C#N)c2-c2ccc(C#N)c(F)c2)cc1O. The number of hydrogen-bond donors (Lipinski definition) is 4. The van der Waals surface area contributed by atoms with Gasteiger partial charge in [-0.25, -0.2) is 14.9 Å². The number of rotatable bonds is 9. The molecule has 0 saturated carbocycles. The van der Waals surface area contributed by atoms with E-state index in [9.17, 15) is 24.8 Å². The van der Waals surface area contributed by atoms with Gasteiger partial charge in [-0.15, -0.1) is 0 Å². The first-order chi connectivity index (χ1) is 22.7. The van der Waals surface area contributed by atoms with Crippen molar-refractivity contribution in [3.63, 3.8) is 0 Å². The fraction of sp³-hybridized carbons (Fsp3) is 0.222. The highest BCUT2D eigenvalue weighted by molar-refractivity contribution is 5.91. The number of phenolic OH excluding ortho intramolecular Hbond substituents is 1. The van der Waals surface area contributed by atoms with Crippen LogP contribution >= 0.6 is 0 Å². The number of anilines is 1. The summed E-state index contributed by atoms with van der Waals surface area (Å²) in [5.74, 6) is -0.619. The number of phenols is 1. The number of halogens is 1. The van der Waals surface area contributed by atoms with E-state index in [1.54, 1.807) is 36.0 Å². The maximum Gasteiger partial charge on any atom is 0.267 e. The van der Waals surface area contributed by atoms with Crippen LogP contribution in [0, 0.1) is 28.5 Å². The van der Waals surface area contributed by atoms with Gasteiger partial charge in [-0.05, 0) is 72.4 Å². The molecule has 0 atom stereocenters. The fourth-order valence-electron chi connectivity index (χ4n) is 5.64. The lowest BCUT2D eigenvalue weighted by Crippen LogP contribution is -2.51. The number of amides is 1. The van der Waals surface area contributed by atoms with Gasteiger partial charge in [0.15, 0.2) is 11.5 Å². The van der Waals surface area contributed by atoms with E-state index in [1.165, 1.54) is 31.4 Å². The van der Waals surface area contributed by atoms with Gasteiger partial charge in [0.05, 0.1) is 12.7 Å². The van der Waals surface area contributed by atoms with Crippen LogP contribution in [0.5, 0.6) is 11.5 Å². The fourth-order valence-corrected chi connectivity index (χ4v) is 5.64. The van der Waals surface area contributed by atoms with Gasteiger partial charge in [-0.2, -0.15) is 10.5 Å². The number of nitriles is 2. The van der Waals surface area contributed by atoms with Crippen LogP contribution in [0.15, 0.2) is 72.9 Å². The lowest BCUT2D eigenvalue weighted by Gasteiger charge is -2.41. The van der Waals surface area contributed by atoms with Crippen LogP contribution in [-0.2, 0) is 11.3 Å². The molecule has 0 spiro atoms. The second-order valence-electron chi connectivity index (χ2n) is 11.5. The molecular formula is C36H33FN6O4. The van der Waals surface area contributed by atoms with Crippen LogP contribution in [0.25, 0.3) is 28.3 Å². The summed E-state index contributed by atoms with van der Waals surface area (Å²) < 4.78 is 20.1. The summed E-state index contributed by atoms with van der Waals surface area (Å²) in [5.41, 5.74) is 5.40. The Hall–Kier alpha value is -5.75. The summed E-state index contributed by atoms with van der Waals surface area (Å²) >= 11 is 0. The Morgan fingerprint density at radius 1 is 1.09 bits per heavy atom. The molecule has 11 heteroatoms. The number of hydrogen-bond acceptors (Lipinski definition) is 9. The maximum atomic E-state index is 14.9. The molecule has 0 bridgehead atoms. The molecule has 47 heavy (non-hydrogen) atoms. The molecule has 5 rings (SSSR count). The summed E-state index contributed by atoms with van der Waals surface area (Å²) in [5, 5.41) is 42.6. The van der Waals surface area contributed by atoms with Crippen molar-refractivity contribution in [3.8, 4) is 45.9 Å². The first-order valence-electron chi connectivity index (χ1n) is 14.9. The van der Waals surface area contributed by atoms with Gasteiger partial charge in [-0.3, -0.25) is 10.0 Å². The number of nitrogens with one attached hydrogen (secondary N) is 2. The van der Waals surface area contributed by atoms with E-state index in [0.717, 1.165) is 24.0 Å². The van der Waals surface area contributed by atoms with Crippen molar-refractivity contribution in [2.75, 3.05) is 25.1 Å². The third kappa shape index (κ3) is 7.23. The highest BCUT2D eigenvalue weighted by atomic mass is 19.1. The maximum absolute atomic E-state index is 14.9. The van der Waals surface area contributed by atoms with E-state index in [0.29, 0.717) is 47.7 Å². The average molecular weight is 633 g/mol. The van der Waals surface area contributed by atoms with E-state index in [-0.39, 0.29) is 28.2 Å². The predicted molar refractivity (Wildman–Crippen MR) is 175 cm³/mol. The van der Waals surface area contributed by atoms with Crippen LogP contribution in [0.2, 0.25) is 0 Å². The normalized spacial score (nSPS) is 14.0. The summed E-state index contributed by atoms with van der Waals surface area (Å²) in [6, 6.07) is 21.0. The van der Waals surface area contributed by atoms with E-state index in [1.807, 2.05) is 30.3 Å². The predicted octanol–water partition coefficient (Wildman–Crippen LogP) is 5.68. The minimum absolute atomic E-state index is 0.0905. The largest absolute Gasteiger partial charge is 0.504 e. The zero-order chi connectivity index (χ0) is 33.6. The molecule has 1 aliphatic rings. The Labute approximate surface area is 271 Å².